The van der Waals surface area contributed by atoms with E-state index in [9.17, 15) is 14.0 Å². The summed E-state index contributed by atoms with van der Waals surface area (Å²) >= 11 is 5.87. The van der Waals surface area contributed by atoms with Gasteiger partial charge in [-0.15, -0.1) is 0 Å². The van der Waals surface area contributed by atoms with Crippen LogP contribution in [0.15, 0.2) is 18.2 Å². The van der Waals surface area contributed by atoms with E-state index < -0.39 is 11.4 Å². The first kappa shape index (κ1) is 15.8. The van der Waals surface area contributed by atoms with Gasteiger partial charge in [0.2, 0.25) is 11.8 Å². The number of carbonyl (C=O) groups excluding carboxylic acids is 2. The average molecular weight is 313 g/mol. The Morgan fingerprint density at radius 2 is 2.14 bits per heavy atom. The fourth-order valence-electron chi connectivity index (χ4n) is 2.37. The molecule has 0 radical (unpaired) electrons. The van der Waals surface area contributed by atoms with E-state index in [4.69, 9.17) is 11.6 Å². The molecule has 1 heterocycles. The SMILES string of the molecule is CCC1(C)NC(=O)CCN(Cc2cc(Cl)ccc2F)C1=O. The lowest BCUT2D eigenvalue weighted by Gasteiger charge is -2.31. The third kappa shape index (κ3) is 3.35. The summed E-state index contributed by atoms with van der Waals surface area (Å²) in [5.41, 5.74) is -0.591. The van der Waals surface area contributed by atoms with Crippen molar-refractivity contribution in [1.82, 2.24) is 10.2 Å². The highest BCUT2D eigenvalue weighted by molar-refractivity contribution is 6.30. The lowest BCUT2D eigenvalue weighted by molar-refractivity contribution is -0.138. The first-order valence-corrected chi connectivity index (χ1v) is 7.28. The Kier molecular flexibility index (Phi) is 4.52. The Balaban J connectivity index is 2.27. The normalized spacial score (nSPS) is 23.0. The number of hydrogen-bond donors (Lipinski definition) is 1. The standard InChI is InChI=1S/C15H18ClFN2O2/c1-3-15(2)14(21)19(7-6-13(20)18-15)9-10-8-11(16)4-5-12(10)17/h4-5,8H,3,6-7,9H2,1-2H3,(H,18,20). The zero-order valence-corrected chi connectivity index (χ0v) is 12.8. The minimum Gasteiger partial charge on any atom is -0.342 e. The molecular formula is C15H18ClFN2O2. The van der Waals surface area contributed by atoms with Crippen LogP contribution in [0.5, 0.6) is 0 Å². The van der Waals surface area contributed by atoms with Gasteiger partial charge in [-0.05, 0) is 31.5 Å². The summed E-state index contributed by atoms with van der Waals surface area (Å²) in [4.78, 5) is 25.8. The van der Waals surface area contributed by atoms with Gasteiger partial charge in [0.25, 0.3) is 0 Å². The predicted molar refractivity (Wildman–Crippen MR) is 78.3 cm³/mol. The van der Waals surface area contributed by atoms with E-state index in [-0.39, 0.29) is 31.3 Å². The summed E-state index contributed by atoms with van der Waals surface area (Å²) in [6, 6.07) is 4.25. The second-order valence-electron chi connectivity index (χ2n) is 5.45. The van der Waals surface area contributed by atoms with Crippen molar-refractivity contribution in [3.8, 4) is 0 Å². The lowest BCUT2D eigenvalue weighted by atomic mass is 9.97. The van der Waals surface area contributed by atoms with Gasteiger partial charge in [0.1, 0.15) is 11.4 Å². The maximum atomic E-state index is 13.8. The van der Waals surface area contributed by atoms with E-state index in [0.29, 0.717) is 17.0 Å². The van der Waals surface area contributed by atoms with Crippen molar-refractivity contribution >= 4 is 23.4 Å². The van der Waals surface area contributed by atoms with Gasteiger partial charge in [-0.3, -0.25) is 9.59 Å². The van der Waals surface area contributed by atoms with Gasteiger partial charge in [-0.25, -0.2) is 4.39 Å². The second-order valence-corrected chi connectivity index (χ2v) is 5.88. The molecular weight excluding hydrogens is 295 g/mol. The van der Waals surface area contributed by atoms with Crippen LogP contribution in [0.25, 0.3) is 0 Å². The van der Waals surface area contributed by atoms with Crippen LogP contribution >= 0.6 is 11.6 Å². The van der Waals surface area contributed by atoms with Crippen LogP contribution in [0, 0.1) is 5.82 Å². The predicted octanol–water partition coefficient (Wildman–Crippen LogP) is 2.50. The van der Waals surface area contributed by atoms with Crippen LogP contribution < -0.4 is 5.32 Å². The Hall–Kier alpha value is -1.62. The van der Waals surface area contributed by atoms with Crippen molar-refractivity contribution in [2.45, 2.75) is 38.8 Å². The third-order valence-electron chi connectivity index (χ3n) is 3.86. The van der Waals surface area contributed by atoms with Crippen molar-refractivity contribution in [3.05, 3.63) is 34.6 Å². The van der Waals surface area contributed by atoms with Crippen LogP contribution in [-0.4, -0.2) is 28.8 Å². The van der Waals surface area contributed by atoms with Gasteiger partial charge in [0.15, 0.2) is 0 Å². The highest BCUT2D eigenvalue weighted by atomic mass is 35.5. The van der Waals surface area contributed by atoms with Crippen molar-refractivity contribution in [3.63, 3.8) is 0 Å². The molecule has 1 aromatic carbocycles. The molecule has 1 aliphatic rings. The summed E-state index contributed by atoms with van der Waals surface area (Å²) in [7, 11) is 0. The molecule has 2 rings (SSSR count). The Bertz CT molecular complexity index is 579. The van der Waals surface area contributed by atoms with Gasteiger partial charge < -0.3 is 10.2 Å². The Morgan fingerprint density at radius 3 is 2.81 bits per heavy atom. The Labute approximate surface area is 128 Å². The molecule has 0 bridgehead atoms. The van der Waals surface area contributed by atoms with Gasteiger partial charge in [0, 0.05) is 30.1 Å². The quantitative estimate of drug-likeness (QED) is 0.932. The zero-order valence-electron chi connectivity index (χ0n) is 12.1. The molecule has 1 aliphatic heterocycles. The number of carbonyl (C=O) groups is 2. The number of nitrogens with zero attached hydrogens (tertiary/aromatic N) is 1. The Morgan fingerprint density at radius 1 is 1.43 bits per heavy atom. The van der Waals surface area contributed by atoms with E-state index >= 15 is 0 Å². The highest BCUT2D eigenvalue weighted by Crippen LogP contribution is 2.22. The van der Waals surface area contributed by atoms with Crippen LogP contribution in [0.4, 0.5) is 4.39 Å². The third-order valence-corrected chi connectivity index (χ3v) is 4.09. The molecule has 1 N–H and O–H groups in total. The number of nitrogens with one attached hydrogen (secondary N) is 1. The summed E-state index contributed by atoms with van der Waals surface area (Å²) in [5.74, 6) is -0.772. The first-order valence-electron chi connectivity index (χ1n) is 6.90. The van der Waals surface area contributed by atoms with E-state index in [1.165, 1.54) is 23.1 Å². The van der Waals surface area contributed by atoms with E-state index in [0.717, 1.165) is 0 Å². The molecule has 1 fully saturated rings. The number of hydrogen-bond acceptors (Lipinski definition) is 2. The number of amides is 2. The molecule has 6 heteroatoms. The summed E-state index contributed by atoms with van der Waals surface area (Å²) in [5, 5.41) is 3.16. The van der Waals surface area contributed by atoms with E-state index in [2.05, 4.69) is 5.32 Å². The van der Waals surface area contributed by atoms with Gasteiger partial charge in [-0.2, -0.15) is 0 Å². The van der Waals surface area contributed by atoms with Crippen molar-refractivity contribution < 1.29 is 14.0 Å². The maximum absolute atomic E-state index is 13.8. The summed E-state index contributed by atoms with van der Waals surface area (Å²) < 4.78 is 13.8. The van der Waals surface area contributed by atoms with Gasteiger partial charge in [-0.1, -0.05) is 18.5 Å². The summed E-state index contributed by atoms with van der Waals surface area (Å²) in [6.07, 6.45) is 0.690. The van der Waals surface area contributed by atoms with Crippen LogP contribution in [0.2, 0.25) is 5.02 Å². The molecule has 2 amide bonds. The minimum absolute atomic E-state index is 0.107. The maximum Gasteiger partial charge on any atom is 0.248 e. The lowest BCUT2D eigenvalue weighted by Crippen LogP contribution is -2.54. The topological polar surface area (TPSA) is 49.4 Å². The molecule has 114 valence electrons. The van der Waals surface area contributed by atoms with Crippen LogP contribution in [-0.2, 0) is 16.1 Å². The molecule has 0 saturated carbocycles. The van der Waals surface area contributed by atoms with Crippen LogP contribution in [0.3, 0.4) is 0 Å². The summed E-state index contributed by atoms with van der Waals surface area (Å²) in [6.45, 7) is 3.91. The smallest absolute Gasteiger partial charge is 0.248 e. The molecule has 1 unspecified atom stereocenters. The number of halogens is 2. The highest BCUT2D eigenvalue weighted by Gasteiger charge is 2.39. The number of benzene rings is 1. The molecule has 21 heavy (non-hydrogen) atoms. The van der Waals surface area contributed by atoms with Gasteiger partial charge >= 0.3 is 0 Å². The fourth-order valence-corrected chi connectivity index (χ4v) is 2.57. The largest absolute Gasteiger partial charge is 0.342 e. The fraction of sp³-hybridized carbons (Fsp3) is 0.467. The molecule has 1 saturated heterocycles. The van der Waals surface area contributed by atoms with Gasteiger partial charge in [0.05, 0.1) is 0 Å². The molecule has 1 atom stereocenters. The van der Waals surface area contributed by atoms with Crippen molar-refractivity contribution in [2.75, 3.05) is 6.54 Å². The van der Waals surface area contributed by atoms with E-state index in [1.807, 2.05) is 6.92 Å². The molecule has 0 aliphatic carbocycles. The van der Waals surface area contributed by atoms with E-state index in [1.54, 1.807) is 6.92 Å². The van der Waals surface area contributed by atoms with Crippen molar-refractivity contribution in [1.29, 1.82) is 0 Å². The minimum atomic E-state index is -0.942. The first-order chi connectivity index (χ1) is 9.85. The van der Waals surface area contributed by atoms with Crippen LogP contribution in [0.1, 0.15) is 32.3 Å². The molecule has 0 aromatic heterocycles. The van der Waals surface area contributed by atoms with Crippen molar-refractivity contribution in [2.24, 2.45) is 0 Å². The average Bonchev–Trinajstić information content (AvgIpc) is 2.55. The number of rotatable bonds is 3. The molecule has 1 aromatic rings. The monoisotopic (exact) mass is 312 g/mol. The molecule has 0 spiro atoms. The molecule has 4 nitrogen and oxygen atoms in total. The zero-order chi connectivity index (χ0) is 15.6. The second kappa shape index (κ2) is 6.02.